The Balaban J connectivity index is 1.49. The molecule has 7 nitrogen and oxygen atoms in total. The number of piperidine rings is 1. The first-order valence-corrected chi connectivity index (χ1v) is 9.28. The van der Waals surface area contributed by atoms with E-state index in [0.29, 0.717) is 17.3 Å². The first-order valence-electron chi connectivity index (χ1n) is 9.28. The molecule has 1 aliphatic heterocycles. The van der Waals surface area contributed by atoms with Crippen LogP contribution in [0.2, 0.25) is 0 Å². The van der Waals surface area contributed by atoms with E-state index in [1.54, 1.807) is 13.3 Å². The standard InChI is InChI=1S/C21H21N5O2/c1-14-11-18(16(12-22)13-23-14)26-9-7-15(8-10-26)21-24-20(25-28-21)17-5-3-4-6-19(17)27-2/h3-6,11,13,15H,7-10H2,1-2H3. The van der Waals surface area contributed by atoms with Gasteiger partial charge in [0, 0.05) is 30.9 Å². The monoisotopic (exact) mass is 375 g/mol. The number of rotatable bonds is 4. The molecular weight excluding hydrogens is 354 g/mol. The van der Waals surface area contributed by atoms with E-state index in [1.165, 1.54) is 0 Å². The van der Waals surface area contributed by atoms with Crippen molar-refractivity contribution in [2.45, 2.75) is 25.7 Å². The minimum atomic E-state index is 0.209. The lowest BCUT2D eigenvalue weighted by atomic mass is 9.96. The molecule has 0 aliphatic carbocycles. The van der Waals surface area contributed by atoms with Crippen LogP contribution in [-0.2, 0) is 0 Å². The first-order chi connectivity index (χ1) is 13.7. The van der Waals surface area contributed by atoms with Gasteiger partial charge in [0.05, 0.1) is 23.9 Å². The maximum Gasteiger partial charge on any atom is 0.230 e. The van der Waals surface area contributed by atoms with Gasteiger partial charge in [-0.2, -0.15) is 10.2 Å². The number of pyridine rings is 1. The van der Waals surface area contributed by atoms with Crippen LogP contribution in [0.25, 0.3) is 11.4 Å². The van der Waals surface area contributed by atoms with Crippen LogP contribution in [0.4, 0.5) is 5.69 Å². The van der Waals surface area contributed by atoms with Gasteiger partial charge in [-0.3, -0.25) is 4.98 Å². The molecule has 1 saturated heterocycles. The summed E-state index contributed by atoms with van der Waals surface area (Å²) in [4.78, 5) is 11.1. The molecule has 7 heteroatoms. The van der Waals surface area contributed by atoms with Crippen LogP contribution in [0.5, 0.6) is 5.75 Å². The van der Waals surface area contributed by atoms with Gasteiger partial charge in [-0.25, -0.2) is 0 Å². The van der Waals surface area contributed by atoms with Crippen molar-refractivity contribution >= 4 is 5.69 Å². The van der Waals surface area contributed by atoms with E-state index in [2.05, 4.69) is 26.1 Å². The van der Waals surface area contributed by atoms with E-state index in [1.807, 2.05) is 37.3 Å². The Morgan fingerprint density at radius 1 is 1.25 bits per heavy atom. The highest BCUT2D eigenvalue weighted by Gasteiger charge is 2.27. The van der Waals surface area contributed by atoms with Crippen molar-refractivity contribution in [3.05, 3.63) is 53.7 Å². The van der Waals surface area contributed by atoms with Crippen LogP contribution in [-0.4, -0.2) is 35.3 Å². The number of nitriles is 1. The number of nitrogens with zero attached hydrogens (tertiary/aromatic N) is 5. The Labute approximate surface area is 163 Å². The molecule has 0 radical (unpaired) electrons. The third kappa shape index (κ3) is 3.41. The lowest BCUT2D eigenvalue weighted by Gasteiger charge is -2.32. The van der Waals surface area contributed by atoms with E-state index in [-0.39, 0.29) is 5.92 Å². The van der Waals surface area contributed by atoms with Gasteiger partial charge in [-0.1, -0.05) is 17.3 Å². The number of hydrogen-bond donors (Lipinski definition) is 0. The van der Waals surface area contributed by atoms with Gasteiger partial charge < -0.3 is 14.2 Å². The summed E-state index contributed by atoms with van der Waals surface area (Å²) < 4.78 is 11.0. The highest BCUT2D eigenvalue weighted by atomic mass is 16.5. The van der Waals surface area contributed by atoms with E-state index in [9.17, 15) is 5.26 Å². The normalized spacial score (nSPS) is 14.7. The van der Waals surface area contributed by atoms with Crippen LogP contribution < -0.4 is 9.64 Å². The van der Waals surface area contributed by atoms with Crippen molar-refractivity contribution in [2.24, 2.45) is 0 Å². The molecule has 0 unspecified atom stereocenters. The molecule has 3 heterocycles. The minimum absolute atomic E-state index is 0.209. The van der Waals surface area contributed by atoms with Crippen molar-refractivity contribution in [1.82, 2.24) is 15.1 Å². The van der Waals surface area contributed by atoms with Gasteiger partial charge in [0.1, 0.15) is 11.8 Å². The Kier molecular flexibility index (Phi) is 4.94. The van der Waals surface area contributed by atoms with Gasteiger partial charge in [-0.05, 0) is 38.0 Å². The fraction of sp³-hybridized carbons (Fsp3) is 0.333. The van der Waals surface area contributed by atoms with E-state index >= 15 is 0 Å². The molecule has 0 amide bonds. The fourth-order valence-electron chi connectivity index (χ4n) is 3.60. The van der Waals surface area contributed by atoms with Crippen molar-refractivity contribution in [3.63, 3.8) is 0 Å². The molecule has 142 valence electrons. The summed E-state index contributed by atoms with van der Waals surface area (Å²) in [5.74, 6) is 2.14. The number of aromatic nitrogens is 3. The molecule has 4 rings (SSSR count). The highest BCUT2D eigenvalue weighted by molar-refractivity contribution is 5.63. The summed E-state index contributed by atoms with van der Waals surface area (Å²) in [5.41, 5.74) is 3.30. The van der Waals surface area contributed by atoms with Crippen molar-refractivity contribution in [1.29, 1.82) is 5.26 Å². The summed E-state index contributed by atoms with van der Waals surface area (Å²) in [6.45, 7) is 3.60. The molecule has 1 aromatic carbocycles. The van der Waals surface area contributed by atoms with Gasteiger partial charge in [0.2, 0.25) is 11.7 Å². The smallest absolute Gasteiger partial charge is 0.230 e. The molecule has 0 saturated carbocycles. The summed E-state index contributed by atoms with van der Waals surface area (Å²) in [5, 5.41) is 13.5. The largest absolute Gasteiger partial charge is 0.496 e. The van der Waals surface area contributed by atoms with Crippen LogP contribution in [0, 0.1) is 18.3 Å². The SMILES string of the molecule is COc1ccccc1-c1noc(C2CCN(c3cc(C)ncc3C#N)CC2)n1. The van der Waals surface area contributed by atoms with Gasteiger partial charge >= 0.3 is 0 Å². The second kappa shape index (κ2) is 7.69. The van der Waals surface area contributed by atoms with Gasteiger partial charge in [0.15, 0.2) is 0 Å². The van der Waals surface area contributed by atoms with Crippen LogP contribution >= 0.6 is 0 Å². The average Bonchev–Trinajstić information content (AvgIpc) is 3.24. The summed E-state index contributed by atoms with van der Waals surface area (Å²) in [6.07, 6.45) is 3.42. The quantitative estimate of drug-likeness (QED) is 0.687. The second-order valence-electron chi connectivity index (χ2n) is 6.87. The molecule has 0 bridgehead atoms. The average molecular weight is 375 g/mol. The summed E-state index contributed by atoms with van der Waals surface area (Å²) in [6, 6.07) is 11.9. The molecule has 1 fully saturated rings. The maximum absolute atomic E-state index is 9.36. The lowest BCUT2D eigenvalue weighted by Crippen LogP contribution is -2.33. The van der Waals surface area contributed by atoms with Crippen LogP contribution in [0.1, 0.15) is 35.9 Å². The number of aryl methyl sites for hydroxylation is 1. The number of hydrogen-bond acceptors (Lipinski definition) is 7. The molecular formula is C21H21N5O2. The number of anilines is 1. The number of benzene rings is 1. The molecule has 0 spiro atoms. The fourth-order valence-corrected chi connectivity index (χ4v) is 3.60. The van der Waals surface area contributed by atoms with Crippen LogP contribution in [0.15, 0.2) is 41.1 Å². The Hall–Kier alpha value is -3.40. The Morgan fingerprint density at radius 2 is 2.04 bits per heavy atom. The summed E-state index contributed by atoms with van der Waals surface area (Å²) >= 11 is 0. The zero-order chi connectivity index (χ0) is 19.5. The minimum Gasteiger partial charge on any atom is -0.496 e. The topological polar surface area (TPSA) is 88.1 Å². The molecule has 3 aromatic rings. The third-order valence-electron chi connectivity index (χ3n) is 5.11. The van der Waals surface area contributed by atoms with E-state index < -0.39 is 0 Å². The van der Waals surface area contributed by atoms with Crippen molar-refractivity contribution in [3.8, 4) is 23.2 Å². The van der Waals surface area contributed by atoms with E-state index in [0.717, 1.165) is 48.6 Å². The zero-order valence-corrected chi connectivity index (χ0v) is 15.9. The number of para-hydroxylation sites is 1. The highest BCUT2D eigenvalue weighted by Crippen LogP contribution is 2.33. The Bertz CT molecular complexity index is 1020. The Morgan fingerprint density at radius 3 is 2.79 bits per heavy atom. The predicted octanol–water partition coefficient (Wildman–Crippen LogP) is 3.70. The molecule has 1 aliphatic rings. The zero-order valence-electron chi connectivity index (χ0n) is 15.9. The predicted molar refractivity (Wildman–Crippen MR) is 104 cm³/mol. The van der Waals surface area contributed by atoms with Crippen molar-refractivity contribution in [2.75, 3.05) is 25.1 Å². The van der Waals surface area contributed by atoms with Gasteiger partial charge in [-0.15, -0.1) is 0 Å². The summed E-state index contributed by atoms with van der Waals surface area (Å²) in [7, 11) is 1.63. The molecule has 0 atom stereocenters. The van der Waals surface area contributed by atoms with Crippen LogP contribution in [0.3, 0.4) is 0 Å². The van der Waals surface area contributed by atoms with Crippen molar-refractivity contribution < 1.29 is 9.26 Å². The molecule has 2 aromatic heterocycles. The lowest BCUT2D eigenvalue weighted by molar-refractivity contribution is 0.329. The maximum atomic E-state index is 9.36. The number of methoxy groups -OCH3 is 1. The first kappa shape index (κ1) is 18.0. The second-order valence-corrected chi connectivity index (χ2v) is 6.87. The third-order valence-corrected chi connectivity index (χ3v) is 5.11. The molecule has 28 heavy (non-hydrogen) atoms. The van der Waals surface area contributed by atoms with Gasteiger partial charge in [0.25, 0.3) is 0 Å². The van der Waals surface area contributed by atoms with E-state index in [4.69, 9.17) is 9.26 Å². The number of ether oxygens (including phenoxy) is 1. The molecule has 0 N–H and O–H groups in total.